The minimum atomic E-state index is -0.669. The molecule has 21 heavy (non-hydrogen) atoms. The largest absolute Gasteiger partial charge is 0.467 e. The Kier molecular flexibility index (Phi) is 4.67. The molecule has 0 radical (unpaired) electrons. The zero-order valence-corrected chi connectivity index (χ0v) is 12.3. The molecule has 1 aromatic rings. The third kappa shape index (κ3) is 3.26. The van der Waals surface area contributed by atoms with Gasteiger partial charge in [-0.1, -0.05) is 20.3 Å². The van der Waals surface area contributed by atoms with E-state index in [1.165, 1.54) is 7.11 Å². The Morgan fingerprint density at radius 3 is 2.71 bits per heavy atom. The van der Waals surface area contributed by atoms with Crippen LogP contribution in [0.15, 0.2) is 18.2 Å². The van der Waals surface area contributed by atoms with Gasteiger partial charge in [-0.3, -0.25) is 4.79 Å². The second-order valence-corrected chi connectivity index (χ2v) is 4.93. The Labute approximate surface area is 123 Å². The summed E-state index contributed by atoms with van der Waals surface area (Å²) < 4.78 is 15.2. The normalized spacial score (nSPS) is 15.2. The van der Waals surface area contributed by atoms with Gasteiger partial charge < -0.3 is 19.5 Å². The number of hydrogen-bond acceptors (Lipinski definition) is 5. The summed E-state index contributed by atoms with van der Waals surface area (Å²) in [5.41, 5.74) is 0.413. The van der Waals surface area contributed by atoms with Crippen LogP contribution in [0.2, 0.25) is 0 Å². The van der Waals surface area contributed by atoms with Gasteiger partial charge in [0.2, 0.25) is 6.79 Å². The minimum absolute atomic E-state index is 0.0181. The van der Waals surface area contributed by atoms with Crippen molar-refractivity contribution in [3.8, 4) is 11.5 Å². The van der Waals surface area contributed by atoms with Gasteiger partial charge in [0.25, 0.3) is 5.91 Å². The summed E-state index contributed by atoms with van der Waals surface area (Å²) in [6, 6.07) is 4.24. The summed E-state index contributed by atoms with van der Waals surface area (Å²) in [5, 5.41) is 2.72. The topological polar surface area (TPSA) is 73.9 Å². The van der Waals surface area contributed by atoms with Gasteiger partial charge in [-0.05, 0) is 24.1 Å². The summed E-state index contributed by atoms with van der Waals surface area (Å²) in [7, 11) is 1.31. The zero-order valence-electron chi connectivity index (χ0n) is 12.3. The summed E-state index contributed by atoms with van der Waals surface area (Å²) in [6.45, 7) is 3.99. The molecule has 1 aromatic carbocycles. The molecular formula is C15H19NO5. The Morgan fingerprint density at radius 1 is 1.33 bits per heavy atom. The van der Waals surface area contributed by atoms with Crippen LogP contribution in [0.1, 0.15) is 30.6 Å². The molecule has 114 valence electrons. The van der Waals surface area contributed by atoms with Crippen molar-refractivity contribution in [2.24, 2.45) is 5.92 Å². The van der Waals surface area contributed by atoms with Gasteiger partial charge >= 0.3 is 5.97 Å². The van der Waals surface area contributed by atoms with Crippen molar-refractivity contribution in [2.45, 2.75) is 26.3 Å². The molecule has 0 saturated heterocycles. The molecule has 2 unspecified atom stereocenters. The first kappa shape index (κ1) is 15.2. The molecule has 0 fully saturated rings. The van der Waals surface area contributed by atoms with Crippen LogP contribution in [-0.4, -0.2) is 31.8 Å². The van der Waals surface area contributed by atoms with Gasteiger partial charge in [0.15, 0.2) is 11.5 Å². The van der Waals surface area contributed by atoms with E-state index in [0.717, 1.165) is 6.42 Å². The highest BCUT2D eigenvalue weighted by Gasteiger charge is 2.27. The van der Waals surface area contributed by atoms with E-state index in [0.29, 0.717) is 17.1 Å². The lowest BCUT2D eigenvalue weighted by Crippen LogP contribution is -2.45. The quantitative estimate of drug-likeness (QED) is 0.837. The number of carbonyl (C=O) groups excluding carboxylic acids is 2. The molecule has 0 aliphatic carbocycles. The van der Waals surface area contributed by atoms with Crippen LogP contribution in [0.25, 0.3) is 0 Å². The average molecular weight is 293 g/mol. The average Bonchev–Trinajstić information content (AvgIpc) is 2.98. The third-order valence-corrected chi connectivity index (χ3v) is 3.59. The van der Waals surface area contributed by atoms with Gasteiger partial charge in [0.05, 0.1) is 7.11 Å². The molecular weight excluding hydrogens is 274 g/mol. The van der Waals surface area contributed by atoms with Crippen LogP contribution >= 0.6 is 0 Å². The zero-order chi connectivity index (χ0) is 15.4. The van der Waals surface area contributed by atoms with Crippen molar-refractivity contribution in [3.05, 3.63) is 23.8 Å². The molecule has 1 amide bonds. The van der Waals surface area contributed by atoms with Gasteiger partial charge in [-0.2, -0.15) is 0 Å². The summed E-state index contributed by atoms with van der Waals surface area (Å²) in [6.07, 6.45) is 0.751. The fourth-order valence-electron chi connectivity index (χ4n) is 2.06. The number of hydrogen-bond donors (Lipinski definition) is 1. The minimum Gasteiger partial charge on any atom is -0.467 e. The van der Waals surface area contributed by atoms with Crippen molar-refractivity contribution in [1.82, 2.24) is 5.32 Å². The first-order valence-corrected chi connectivity index (χ1v) is 6.85. The van der Waals surface area contributed by atoms with Gasteiger partial charge in [0, 0.05) is 5.56 Å². The maximum absolute atomic E-state index is 12.3. The fraction of sp³-hybridized carbons (Fsp3) is 0.467. The maximum atomic E-state index is 12.3. The Balaban J connectivity index is 2.13. The molecule has 2 atom stereocenters. The number of nitrogens with one attached hydrogen (secondary N) is 1. The molecule has 1 N–H and O–H groups in total. The van der Waals surface area contributed by atoms with Crippen molar-refractivity contribution in [2.75, 3.05) is 13.9 Å². The third-order valence-electron chi connectivity index (χ3n) is 3.59. The smallest absolute Gasteiger partial charge is 0.328 e. The Morgan fingerprint density at radius 2 is 2.05 bits per heavy atom. The predicted octanol–water partition coefficient (Wildman–Crippen LogP) is 1.73. The molecule has 1 heterocycles. The van der Waals surface area contributed by atoms with Crippen molar-refractivity contribution in [3.63, 3.8) is 0 Å². The van der Waals surface area contributed by atoms with E-state index in [9.17, 15) is 9.59 Å². The molecule has 2 rings (SSSR count). The summed E-state index contributed by atoms with van der Waals surface area (Å²) in [4.78, 5) is 24.1. The number of ether oxygens (including phenoxy) is 3. The number of amides is 1. The van der Waals surface area contributed by atoms with E-state index in [2.05, 4.69) is 5.32 Å². The van der Waals surface area contributed by atoms with E-state index in [-0.39, 0.29) is 18.6 Å². The molecule has 6 heteroatoms. The maximum Gasteiger partial charge on any atom is 0.328 e. The van der Waals surface area contributed by atoms with E-state index in [4.69, 9.17) is 14.2 Å². The predicted molar refractivity (Wildman–Crippen MR) is 75.3 cm³/mol. The monoisotopic (exact) mass is 293 g/mol. The van der Waals surface area contributed by atoms with Crippen molar-refractivity contribution >= 4 is 11.9 Å². The lowest BCUT2D eigenvalue weighted by atomic mass is 9.99. The summed E-state index contributed by atoms with van der Waals surface area (Å²) in [5.74, 6) is 0.330. The Hall–Kier alpha value is -2.24. The van der Waals surface area contributed by atoms with Gasteiger partial charge in [-0.25, -0.2) is 4.79 Å². The van der Waals surface area contributed by atoms with Crippen LogP contribution in [0.4, 0.5) is 0 Å². The van der Waals surface area contributed by atoms with E-state index >= 15 is 0 Å². The highest BCUT2D eigenvalue weighted by molar-refractivity contribution is 5.97. The highest BCUT2D eigenvalue weighted by Crippen LogP contribution is 2.32. The number of benzene rings is 1. The first-order chi connectivity index (χ1) is 10.1. The summed E-state index contributed by atoms with van der Waals surface area (Å²) >= 11 is 0. The second-order valence-electron chi connectivity index (χ2n) is 4.93. The fourth-order valence-corrected chi connectivity index (χ4v) is 2.06. The lowest BCUT2D eigenvalue weighted by Gasteiger charge is -2.21. The van der Waals surface area contributed by atoms with Crippen LogP contribution in [0.3, 0.4) is 0 Å². The molecule has 6 nitrogen and oxygen atoms in total. The lowest BCUT2D eigenvalue weighted by molar-refractivity contribution is -0.144. The molecule has 0 saturated carbocycles. The van der Waals surface area contributed by atoms with Crippen molar-refractivity contribution < 1.29 is 23.8 Å². The van der Waals surface area contributed by atoms with Crippen molar-refractivity contribution in [1.29, 1.82) is 0 Å². The molecule has 1 aliphatic heterocycles. The molecule has 0 spiro atoms. The molecule has 0 bridgehead atoms. The number of fused-ring (bicyclic) bond motifs is 1. The Bertz CT molecular complexity index is 543. The van der Waals surface area contributed by atoms with Gasteiger partial charge in [0.1, 0.15) is 6.04 Å². The number of rotatable bonds is 5. The molecule has 1 aliphatic rings. The number of methoxy groups -OCH3 is 1. The van der Waals surface area contributed by atoms with Crippen LogP contribution in [0.5, 0.6) is 11.5 Å². The van der Waals surface area contributed by atoms with E-state index in [1.54, 1.807) is 18.2 Å². The first-order valence-electron chi connectivity index (χ1n) is 6.85. The molecule has 0 aromatic heterocycles. The SMILES string of the molecule is CCC(C)C(NC(=O)c1ccc2c(c1)OCO2)C(=O)OC. The van der Waals surface area contributed by atoms with E-state index in [1.807, 2.05) is 13.8 Å². The van der Waals surface area contributed by atoms with Crippen LogP contribution in [-0.2, 0) is 9.53 Å². The van der Waals surface area contributed by atoms with Crippen LogP contribution in [0, 0.1) is 5.92 Å². The van der Waals surface area contributed by atoms with Gasteiger partial charge in [-0.15, -0.1) is 0 Å². The number of esters is 1. The second kappa shape index (κ2) is 6.47. The number of carbonyl (C=O) groups is 2. The highest BCUT2D eigenvalue weighted by atomic mass is 16.7. The van der Waals surface area contributed by atoms with E-state index < -0.39 is 12.0 Å². The van der Waals surface area contributed by atoms with Crippen LogP contribution < -0.4 is 14.8 Å². The standard InChI is InChI=1S/C15H19NO5/c1-4-9(2)13(15(18)19-3)16-14(17)10-5-6-11-12(7-10)21-8-20-11/h5-7,9,13H,4,8H2,1-3H3,(H,16,17).